The number of fused-ring (bicyclic) bond motifs is 1. The van der Waals surface area contributed by atoms with Gasteiger partial charge in [-0.25, -0.2) is 13.8 Å². The van der Waals surface area contributed by atoms with Gasteiger partial charge in [-0.05, 0) is 30.2 Å². The van der Waals surface area contributed by atoms with Crippen molar-refractivity contribution in [2.75, 3.05) is 11.4 Å². The van der Waals surface area contributed by atoms with E-state index in [1.165, 1.54) is 16.2 Å². The van der Waals surface area contributed by atoms with Crippen LogP contribution in [-0.4, -0.2) is 17.4 Å². The van der Waals surface area contributed by atoms with Gasteiger partial charge in [-0.1, -0.05) is 37.3 Å². The van der Waals surface area contributed by atoms with Gasteiger partial charge >= 0.3 is 0 Å². The summed E-state index contributed by atoms with van der Waals surface area (Å²) in [6.45, 7) is 4.36. The summed E-state index contributed by atoms with van der Waals surface area (Å²) in [5, 5.41) is 0.527. The van der Waals surface area contributed by atoms with Crippen molar-refractivity contribution < 1.29 is 13.6 Å². The van der Waals surface area contributed by atoms with Crippen molar-refractivity contribution in [3.05, 3.63) is 59.7 Å². The van der Waals surface area contributed by atoms with Crippen LogP contribution >= 0.6 is 11.3 Å². The molecular weight excluding hydrogens is 330 g/mol. The molecule has 0 fully saturated rings. The van der Waals surface area contributed by atoms with Gasteiger partial charge in [-0.3, -0.25) is 9.69 Å². The lowest BCUT2D eigenvalue weighted by atomic mass is 10.1. The molecule has 3 rings (SSSR count). The molecule has 6 heteroatoms. The Bertz CT molecular complexity index is 838. The molecule has 0 aliphatic rings. The van der Waals surface area contributed by atoms with Gasteiger partial charge in [0.2, 0.25) is 0 Å². The second kappa shape index (κ2) is 6.65. The minimum Gasteiger partial charge on any atom is -0.284 e. The van der Waals surface area contributed by atoms with Gasteiger partial charge in [-0.15, -0.1) is 0 Å². The molecule has 0 aliphatic carbocycles. The summed E-state index contributed by atoms with van der Waals surface area (Å²) < 4.78 is 27.9. The van der Waals surface area contributed by atoms with E-state index in [-0.39, 0.29) is 11.5 Å². The van der Waals surface area contributed by atoms with Gasteiger partial charge in [0, 0.05) is 18.2 Å². The second-order valence-electron chi connectivity index (χ2n) is 5.93. The van der Waals surface area contributed by atoms with Crippen molar-refractivity contribution in [2.45, 2.75) is 13.8 Å². The molecule has 24 heavy (non-hydrogen) atoms. The van der Waals surface area contributed by atoms with Gasteiger partial charge in [-0.2, -0.15) is 0 Å². The van der Waals surface area contributed by atoms with Crippen LogP contribution in [0.3, 0.4) is 0 Å². The molecule has 3 aromatic rings. The first-order valence-electron chi connectivity index (χ1n) is 7.57. The largest absolute Gasteiger partial charge is 0.284 e. The SMILES string of the molecule is CC(C)CN(C(=O)c1cc(F)cc(F)c1)c1nc2ccccc2s1. The summed E-state index contributed by atoms with van der Waals surface area (Å²) in [6, 6.07) is 10.4. The van der Waals surface area contributed by atoms with Gasteiger partial charge in [0.15, 0.2) is 5.13 Å². The van der Waals surface area contributed by atoms with E-state index in [0.717, 1.165) is 28.4 Å². The van der Waals surface area contributed by atoms with Crippen molar-refractivity contribution in [3.63, 3.8) is 0 Å². The molecule has 1 heterocycles. The predicted octanol–water partition coefficient (Wildman–Crippen LogP) is 4.88. The van der Waals surface area contributed by atoms with E-state index >= 15 is 0 Å². The van der Waals surface area contributed by atoms with Gasteiger partial charge < -0.3 is 0 Å². The molecule has 0 unspecified atom stereocenters. The van der Waals surface area contributed by atoms with E-state index in [1.54, 1.807) is 0 Å². The Morgan fingerprint density at radius 2 is 1.83 bits per heavy atom. The molecule has 0 atom stereocenters. The Hall–Kier alpha value is -2.34. The zero-order valence-corrected chi connectivity index (χ0v) is 14.1. The topological polar surface area (TPSA) is 33.2 Å². The van der Waals surface area contributed by atoms with Crippen molar-refractivity contribution >= 4 is 32.6 Å². The van der Waals surface area contributed by atoms with Crippen molar-refractivity contribution in [3.8, 4) is 0 Å². The molecule has 0 spiro atoms. The number of rotatable bonds is 4. The van der Waals surface area contributed by atoms with Crippen LogP contribution in [0.4, 0.5) is 13.9 Å². The molecule has 0 bridgehead atoms. The Morgan fingerprint density at radius 3 is 2.46 bits per heavy atom. The van der Waals surface area contributed by atoms with Crippen molar-refractivity contribution in [1.29, 1.82) is 0 Å². The van der Waals surface area contributed by atoms with Crippen LogP contribution in [0.1, 0.15) is 24.2 Å². The second-order valence-corrected chi connectivity index (χ2v) is 6.94. The van der Waals surface area contributed by atoms with Gasteiger partial charge in [0.1, 0.15) is 11.6 Å². The third kappa shape index (κ3) is 3.43. The average Bonchev–Trinajstić information content (AvgIpc) is 2.94. The summed E-state index contributed by atoms with van der Waals surface area (Å²) in [5.74, 6) is -1.82. The lowest BCUT2D eigenvalue weighted by molar-refractivity contribution is 0.0983. The Morgan fingerprint density at radius 1 is 1.17 bits per heavy atom. The molecule has 124 valence electrons. The maximum atomic E-state index is 13.5. The van der Waals surface area contributed by atoms with Crippen LogP contribution in [0.25, 0.3) is 10.2 Å². The summed E-state index contributed by atoms with van der Waals surface area (Å²) in [7, 11) is 0. The summed E-state index contributed by atoms with van der Waals surface area (Å²) in [4.78, 5) is 18.8. The predicted molar refractivity (Wildman–Crippen MR) is 92.5 cm³/mol. The first-order chi connectivity index (χ1) is 11.4. The first-order valence-corrected chi connectivity index (χ1v) is 8.39. The standard InChI is InChI=1S/C18H16F2N2OS/c1-11(2)10-22(17(23)12-7-13(19)9-14(20)8-12)18-21-15-5-3-4-6-16(15)24-18/h3-9,11H,10H2,1-2H3. The highest BCUT2D eigenvalue weighted by molar-refractivity contribution is 7.22. The fraction of sp³-hybridized carbons (Fsp3) is 0.222. The number of amides is 1. The number of carbonyl (C=O) groups excluding carboxylic acids is 1. The van der Waals surface area contributed by atoms with E-state index in [1.807, 2.05) is 38.1 Å². The van der Waals surface area contributed by atoms with Gasteiger partial charge in [0.25, 0.3) is 5.91 Å². The molecule has 3 nitrogen and oxygen atoms in total. The van der Waals surface area contributed by atoms with E-state index in [9.17, 15) is 13.6 Å². The molecule has 0 aliphatic heterocycles. The maximum absolute atomic E-state index is 13.5. The number of benzene rings is 2. The fourth-order valence-corrected chi connectivity index (χ4v) is 3.39. The normalized spacial score (nSPS) is 11.2. The van der Waals surface area contributed by atoms with Crippen LogP contribution in [0.15, 0.2) is 42.5 Å². The van der Waals surface area contributed by atoms with Gasteiger partial charge in [0.05, 0.1) is 10.2 Å². The van der Waals surface area contributed by atoms with Crippen LogP contribution in [0, 0.1) is 17.6 Å². The highest BCUT2D eigenvalue weighted by Gasteiger charge is 2.23. The third-order valence-electron chi connectivity index (χ3n) is 3.42. The van der Waals surface area contributed by atoms with E-state index in [2.05, 4.69) is 4.98 Å². The number of halogens is 2. The highest BCUT2D eigenvalue weighted by atomic mass is 32.1. The Labute approximate surface area is 142 Å². The minimum absolute atomic E-state index is 0.0209. The number of aromatic nitrogens is 1. The molecule has 0 N–H and O–H groups in total. The average molecular weight is 346 g/mol. The first kappa shape index (κ1) is 16.5. The molecule has 1 amide bonds. The number of carbonyl (C=O) groups is 1. The lowest BCUT2D eigenvalue weighted by Crippen LogP contribution is -2.34. The van der Waals surface area contributed by atoms with E-state index in [0.29, 0.717) is 11.7 Å². The van der Waals surface area contributed by atoms with E-state index < -0.39 is 17.5 Å². The van der Waals surface area contributed by atoms with Crippen LogP contribution in [0.5, 0.6) is 0 Å². The smallest absolute Gasteiger partial charge is 0.260 e. The molecule has 0 saturated heterocycles. The zero-order valence-electron chi connectivity index (χ0n) is 13.3. The lowest BCUT2D eigenvalue weighted by Gasteiger charge is -2.22. The fourth-order valence-electron chi connectivity index (χ4n) is 2.42. The van der Waals surface area contributed by atoms with Crippen LogP contribution in [-0.2, 0) is 0 Å². The van der Waals surface area contributed by atoms with Crippen LogP contribution < -0.4 is 4.90 Å². The highest BCUT2D eigenvalue weighted by Crippen LogP contribution is 2.30. The van der Waals surface area contributed by atoms with Crippen molar-refractivity contribution in [2.24, 2.45) is 5.92 Å². The maximum Gasteiger partial charge on any atom is 0.260 e. The molecule has 1 aromatic heterocycles. The Kier molecular flexibility index (Phi) is 4.57. The summed E-state index contributed by atoms with van der Waals surface area (Å²) >= 11 is 1.39. The number of anilines is 1. The van der Waals surface area contributed by atoms with Crippen molar-refractivity contribution in [1.82, 2.24) is 4.98 Å². The monoisotopic (exact) mass is 346 g/mol. The third-order valence-corrected chi connectivity index (χ3v) is 4.48. The van der Waals surface area contributed by atoms with E-state index in [4.69, 9.17) is 0 Å². The summed E-state index contributed by atoms with van der Waals surface area (Å²) in [6.07, 6.45) is 0. The Balaban J connectivity index is 2.03. The molecule has 0 saturated carbocycles. The number of hydrogen-bond donors (Lipinski definition) is 0. The molecule has 0 radical (unpaired) electrons. The minimum atomic E-state index is -0.771. The number of thiazole rings is 1. The zero-order chi connectivity index (χ0) is 17.3. The molecular formula is C18H16F2N2OS. The number of para-hydroxylation sites is 1. The quantitative estimate of drug-likeness (QED) is 0.675. The van der Waals surface area contributed by atoms with Crippen LogP contribution in [0.2, 0.25) is 0 Å². The number of hydrogen-bond acceptors (Lipinski definition) is 3. The molecule has 2 aromatic carbocycles. The number of nitrogens with zero attached hydrogens (tertiary/aromatic N) is 2. The summed E-state index contributed by atoms with van der Waals surface area (Å²) in [5.41, 5.74) is 0.775.